The van der Waals surface area contributed by atoms with E-state index in [0.29, 0.717) is 35.4 Å². The van der Waals surface area contributed by atoms with Gasteiger partial charge in [0.05, 0.1) is 17.6 Å². The second kappa shape index (κ2) is 6.89. The molecule has 1 aliphatic rings. The largest absolute Gasteiger partial charge is 0.486 e. The maximum atomic E-state index is 12.5. The number of ketones is 1. The molecule has 0 N–H and O–H groups in total. The van der Waals surface area contributed by atoms with Crippen LogP contribution in [0.25, 0.3) is 5.69 Å². The maximum absolute atomic E-state index is 12.5. The van der Waals surface area contributed by atoms with Crippen LogP contribution in [0.2, 0.25) is 0 Å². The fourth-order valence-corrected chi connectivity index (χ4v) is 3.13. The Hall–Kier alpha value is -2.94. The van der Waals surface area contributed by atoms with Crippen LogP contribution in [0.4, 0.5) is 0 Å². The van der Waals surface area contributed by atoms with Crippen LogP contribution in [-0.2, 0) is 0 Å². The smallest absolute Gasteiger partial charge is 0.214 e. The molecule has 126 valence electrons. The number of Topliss-reactive ketones (excluding diaryl/α,β-unsaturated/α-hetero) is 1. The number of carbonyl (C=O) groups excluding carboxylic acids is 1. The normalized spacial score (nSPS) is 12.8. The second-order valence-electron chi connectivity index (χ2n) is 5.15. The minimum atomic E-state index is -0.0392. The number of ether oxygens (including phenoxy) is 2. The van der Waals surface area contributed by atoms with Crippen molar-refractivity contribution in [3.63, 3.8) is 0 Å². The van der Waals surface area contributed by atoms with Gasteiger partial charge in [0, 0.05) is 11.8 Å². The van der Waals surface area contributed by atoms with Crippen LogP contribution in [0.3, 0.4) is 0 Å². The predicted molar refractivity (Wildman–Crippen MR) is 89.4 cm³/mol. The van der Waals surface area contributed by atoms with Crippen molar-refractivity contribution < 1.29 is 14.3 Å². The minimum Gasteiger partial charge on any atom is -0.486 e. The minimum absolute atomic E-state index is 0.0392. The first-order valence-corrected chi connectivity index (χ1v) is 8.54. The molecule has 0 spiro atoms. The Morgan fingerprint density at radius 2 is 2.08 bits per heavy atom. The number of tetrazole rings is 1. The number of pyridine rings is 1. The molecule has 0 saturated heterocycles. The molecule has 4 rings (SSSR count). The zero-order chi connectivity index (χ0) is 17.1. The highest BCUT2D eigenvalue weighted by Gasteiger charge is 2.17. The first kappa shape index (κ1) is 15.6. The number of rotatable bonds is 5. The zero-order valence-corrected chi connectivity index (χ0v) is 13.8. The van der Waals surface area contributed by atoms with Gasteiger partial charge in [0.2, 0.25) is 5.16 Å². The molecule has 0 unspecified atom stereocenters. The van der Waals surface area contributed by atoms with Crippen molar-refractivity contribution >= 4 is 17.5 Å². The first-order chi connectivity index (χ1) is 12.3. The Kier molecular flexibility index (Phi) is 4.30. The monoisotopic (exact) mass is 355 g/mol. The lowest BCUT2D eigenvalue weighted by atomic mass is 10.1. The van der Waals surface area contributed by atoms with Crippen LogP contribution in [0.5, 0.6) is 11.5 Å². The molecule has 3 aromatic rings. The van der Waals surface area contributed by atoms with E-state index in [1.165, 1.54) is 11.8 Å². The summed E-state index contributed by atoms with van der Waals surface area (Å²) < 4.78 is 12.5. The molecule has 8 nitrogen and oxygen atoms in total. The molecule has 0 amide bonds. The summed E-state index contributed by atoms with van der Waals surface area (Å²) in [5.74, 6) is 1.43. The number of hydrogen-bond donors (Lipinski definition) is 0. The number of carbonyl (C=O) groups is 1. The molecule has 0 atom stereocenters. The third-order valence-electron chi connectivity index (χ3n) is 3.53. The van der Waals surface area contributed by atoms with E-state index in [4.69, 9.17) is 9.47 Å². The van der Waals surface area contributed by atoms with E-state index in [1.54, 1.807) is 41.3 Å². The van der Waals surface area contributed by atoms with Gasteiger partial charge in [0.15, 0.2) is 17.3 Å². The second-order valence-corrected chi connectivity index (χ2v) is 6.10. The van der Waals surface area contributed by atoms with Crippen LogP contribution >= 0.6 is 11.8 Å². The SMILES string of the molecule is O=C(CSc1nnnn1-c1cccnc1)c1ccc2c(c1)OCCO2. The van der Waals surface area contributed by atoms with Gasteiger partial charge in [0.1, 0.15) is 13.2 Å². The topological polar surface area (TPSA) is 92.0 Å². The van der Waals surface area contributed by atoms with E-state index in [-0.39, 0.29) is 11.5 Å². The number of fused-ring (bicyclic) bond motifs is 1. The molecule has 0 aliphatic carbocycles. The lowest BCUT2D eigenvalue weighted by Gasteiger charge is -2.18. The van der Waals surface area contributed by atoms with Crippen molar-refractivity contribution in [1.29, 1.82) is 0 Å². The van der Waals surface area contributed by atoms with Gasteiger partial charge in [0.25, 0.3) is 0 Å². The van der Waals surface area contributed by atoms with Gasteiger partial charge in [-0.2, -0.15) is 4.68 Å². The van der Waals surface area contributed by atoms with Crippen LogP contribution in [0.1, 0.15) is 10.4 Å². The molecule has 1 aromatic carbocycles. The fourth-order valence-electron chi connectivity index (χ4n) is 2.34. The third kappa shape index (κ3) is 3.31. The molecule has 0 bridgehead atoms. The fraction of sp³-hybridized carbons (Fsp3) is 0.188. The molecule has 1 aliphatic heterocycles. The van der Waals surface area contributed by atoms with E-state index in [1.807, 2.05) is 6.07 Å². The number of nitrogens with zero attached hydrogens (tertiary/aromatic N) is 5. The Morgan fingerprint density at radius 1 is 1.20 bits per heavy atom. The van der Waals surface area contributed by atoms with E-state index in [0.717, 1.165) is 5.69 Å². The Morgan fingerprint density at radius 3 is 2.92 bits per heavy atom. The summed E-state index contributed by atoms with van der Waals surface area (Å²) in [6.07, 6.45) is 3.33. The van der Waals surface area contributed by atoms with Gasteiger partial charge >= 0.3 is 0 Å². The first-order valence-electron chi connectivity index (χ1n) is 7.56. The van der Waals surface area contributed by atoms with Crippen molar-refractivity contribution in [1.82, 2.24) is 25.2 Å². The van der Waals surface area contributed by atoms with Crippen molar-refractivity contribution in [2.75, 3.05) is 19.0 Å². The molecule has 0 saturated carbocycles. The molecule has 25 heavy (non-hydrogen) atoms. The summed E-state index contributed by atoms with van der Waals surface area (Å²) >= 11 is 1.27. The molecule has 0 radical (unpaired) electrons. The number of hydrogen-bond acceptors (Lipinski definition) is 8. The van der Waals surface area contributed by atoms with Crippen LogP contribution in [0.15, 0.2) is 47.9 Å². The summed E-state index contributed by atoms with van der Waals surface area (Å²) in [5, 5.41) is 12.1. The molecule has 2 aromatic heterocycles. The maximum Gasteiger partial charge on any atom is 0.214 e. The summed E-state index contributed by atoms with van der Waals surface area (Å²) in [4.78, 5) is 16.5. The van der Waals surface area contributed by atoms with Crippen molar-refractivity contribution in [2.45, 2.75) is 5.16 Å². The summed E-state index contributed by atoms with van der Waals surface area (Å²) in [6.45, 7) is 1.01. The molecular formula is C16H13N5O3S. The number of thioether (sulfide) groups is 1. The molecular weight excluding hydrogens is 342 g/mol. The van der Waals surface area contributed by atoms with Gasteiger partial charge in [-0.3, -0.25) is 9.78 Å². The number of aromatic nitrogens is 5. The quantitative estimate of drug-likeness (QED) is 0.505. The molecule has 9 heteroatoms. The van der Waals surface area contributed by atoms with Crippen LogP contribution in [-0.4, -0.2) is 49.9 Å². The highest BCUT2D eigenvalue weighted by molar-refractivity contribution is 7.99. The molecule has 3 heterocycles. The standard InChI is InChI=1S/C16H13N5O3S/c22-13(11-3-4-14-15(8-11)24-7-6-23-14)10-25-16-18-19-20-21(16)12-2-1-5-17-9-12/h1-5,8-9H,6-7,10H2. The highest BCUT2D eigenvalue weighted by Crippen LogP contribution is 2.31. The lowest BCUT2D eigenvalue weighted by molar-refractivity contribution is 0.102. The summed E-state index contributed by atoms with van der Waals surface area (Å²) in [6, 6.07) is 8.84. The Bertz CT molecular complexity index is 900. The van der Waals surface area contributed by atoms with Gasteiger partial charge in [-0.25, -0.2) is 0 Å². The average molecular weight is 355 g/mol. The van der Waals surface area contributed by atoms with E-state index in [9.17, 15) is 4.79 Å². The van der Waals surface area contributed by atoms with Crippen molar-refractivity contribution in [3.05, 3.63) is 48.3 Å². The van der Waals surface area contributed by atoms with E-state index >= 15 is 0 Å². The zero-order valence-electron chi connectivity index (χ0n) is 13.0. The van der Waals surface area contributed by atoms with E-state index in [2.05, 4.69) is 20.5 Å². The van der Waals surface area contributed by atoms with Crippen molar-refractivity contribution in [3.8, 4) is 17.2 Å². The molecule has 0 fully saturated rings. The Labute approximate surface area is 147 Å². The summed E-state index contributed by atoms with van der Waals surface area (Å²) in [5.41, 5.74) is 1.30. The lowest BCUT2D eigenvalue weighted by Crippen LogP contribution is -2.16. The van der Waals surface area contributed by atoms with Gasteiger partial charge < -0.3 is 9.47 Å². The van der Waals surface area contributed by atoms with Gasteiger partial charge in [-0.05, 0) is 40.8 Å². The van der Waals surface area contributed by atoms with Gasteiger partial charge in [-0.15, -0.1) is 5.10 Å². The van der Waals surface area contributed by atoms with E-state index < -0.39 is 0 Å². The van der Waals surface area contributed by atoms with Crippen molar-refractivity contribution in [2.24, 2.45) is 0 Å². The highest BCUT2D eigenvalue weighted by atomic mass is 32.2. The average Bonchev–Trinajstić information content (AvgIpc) is 3.15. The predicted octanol–water partition coefficient (Wildman–Crippen LogP) is 1.80. The van der Waals surface area contributed by atoms with Crippen LogP contribution in [0, 0.1) is 0 Å². The van der Waals surface area contributed by atoms with Gasteiger partial charge in [-0.1, -0.05) is 11.8 Å². The number of benzene rings is 1. The summed E-state index contributed by atoms with van der Waals surface area (Å²) in [7, 11) is 0. The third-order valence-corrected chi connectivity index (χ3v) is 4.45. The van der Waals surface area contributed by atoms with Crippen LogP contribution < -0.4 is 9.47 Å². The Balaban J connectivity index is 1.47.